The van der Waals surface area contributed by atoms with Crippen molar-refractivity contribution in [2.75, 3.05) is 26.9 Å². The minimum absolute atomic E-state index is 0.109. The maximum atomic E-state index is 13.8. The molecule has 0 aliphatic rings. The van der Waals surface area contributed by atoms with Crippen molar-refractivity contribution in [3.05, 3.63) is 58.4 Å². The Morgan fingerprint density at radius 3 is 2.58 bits per heavy atom. The van der Waals surface area contributed by atoms with Crippen LogP contribution >= 0.6 is 11.6 Å². The van der Waals surface area contributed by atoms with Crippen molar-refractivity contribution in [2.45, 2.75) is 26.5 Å². The Kier molecular flexibility index (Phi) is 8.68. The van der Waals surface area contributed by atoms with Crippen LogP contribution in [0.1, 0.15) is 24.5 Å². The molecule has 0 heterocycles. The first-order valence-electron chi connectivity index (χ1n) is 8.66. The molecule has 0 radical (unpaired) electrons. The minimum atomic E-state index is -0.298. The number of hydrogen-bond donors (Lipinski definition) is 1. The van der Waals surface area contributed by atoms with Crippen LogP contribution in [0, 0.1) is 5.82 Å². The Bertz CT molecular complexity index is 697. The molecule has 0 spiro atoms. The van der Waals surface area contributed by atoms with Crippen molar-refractivity contribution >= 4 is 11.6 Å². The number of methoxy groups -OCH3 is 1. The molecule has 0 unspecified atom stereocenters. The molecule has 0 saturated carbocycles. The van der Waals surface area contributed by atoms with Crippen LogP contribution in [0.2, 0.25) is 5.02 Å². The highest BCUT2D eigenvalue weighted by Gasteiger charge is 2.12. The summed E-state index contributed by atoms with van der Waals surface area (Å²) in [6, 6.07) is 10.1. The van der Waals surface area contributed by atoms with E-state index in [2.05, 4.69) is 5.32 Å². The Labute approximate surface area is 159 Å². The quantitative estimate of drug-likeness (QED) is 0.578. The molecule has 2 aromatic carbocycles. The average Bonchev–Trinajstić information content (AvgIpc) is 2.63. The number of hydrogen-bond acceptors (Lipinski definition) is 4. The van der Waals surface area contributed by atoms with Crippen molar-refractivity contribution in [3.8, 4) is 11.5 Å². The summed E-state index contributed by atoms with van der Waals surface area (Å²) in [4.78, 5) is 0. The Morgan fingerprint density at radius 2 is 1.85 bits per heavy atom. The lowest BCUT2D eigenvalue weighted by Crippen LogP contribution is -2.16. The van der Waals surface area contributed by atoms with Crippen molar-refractivity contribution in [1.82, 2.24) is 5.32 Å². The van der Waals surface area contributed by atoms with Crippen molar-refractivity contribution in [2.24, 2.45) is 0 Å². The molecule has 0 fully saturated rings. The van der Waals surface area contributed by atoms with Crippen molar-refractivity contribution in [1.29, 1.82) is 0 Å². The van der Waals surface area contributed by atoms with Gasteiger partial charge in [-0.1, -0.05) is 29.8 Å². The van der Waals surface area contributed by atoms with Crippen molar-refractivity contribution < 1.29 is 18.6 Å². The molecule has 0 aliphatic carbocycles. The van der Waals surface area contributed by atoms with Gasteiger partial charge in [-0.2, -0.15) is 0 Å². The van der Waals surface area contributed by atoms with E-state index in [0.29, 0.717) is 41.8 Å². The standard InChI is InChI=1S/C20H25ClFNO3/c1-3-25-19-11-16(13-23-9-6-10-24-2)17(21)12-20(19)26-14-15-7-4-5-8-18(15)22/h4-5,7-8,11-12,23H,3,6,9-10,13-14H2,1-2H3. The zero-order chi connectivity index (χ0) is 18.8. The van der Waals surface area contributed by atoms with Gasteiger partial charge in [0, 0.05) is 36.9 Å². The van der Waals surface area contributed by atoms with Crippen LogP contribution in [0.15, 0.2) is 36.4 Å². The van der Waals surface area contributed by atoms with Gasteiger partial charge in [0.1, 0.15) is 12.4 Å². The fraction of sp³-hybridized carbons (Fsp3) is 0.400. The van der Waals surface area contributed by atoms with E-state index in [4.69, 9.17) is 25.8 Å². The van der Waals surface area contributed by atoms with E-state index in [1.54, 1.807) is 31.4 Å². The lowest BCUT2D eigenvalue weighted by atomic mass is 10.2. The van der Waals surface area contributed by atoms with Gasteiger partial charge in [-0.25, -0.2) is 4.39 Å². The summed E-state index contributed by atoms with van der Waals surface area (Å²) in [5.74, 6) is 0.804. The molecule has 2 aromatic rings. The first kappa shape index (κ1) is 20.5. The predicted octanol–water partition coefficient (Wildman–Crippen LogP) is 4.58. The average molecular weight is 382 g/mol. The van der Waals surface area contributed by atoms with Gasteiger partial charge in [-0.05, 0) is 37.6 Å². The maximum Gasteiger partial charge on any atom is 0.163 e. The summed E-state index contributed by atoms with van der Waals surface area (Å²) in [7, 11) is 1.69. The summed E-state index contributed by atoms with van der Waals surface area (Å²) in [6.45, 7) is 4.68. The van der Waals surface area contributed by atoms with Crippen LogP contribution in [0.3, 0.4) is 0 Å². The molecule has 0 bridgehead atoms. The first-order chi connectivity index (χ1) is 12.7. The molecule has 0 aliphatic heterocycles. The molecule has 1 N–H and O–H groups in total. The highest BCUT2D eigenvalue weighted by molar-refractivity contribution is 6.31. The second-order valence-electron chi connectivity index (χ2n) is 5.73. The minimum Gasteiger partial charge on any atom is -0.490 e. The van der Waals surface area contributed by atoms with Gasteiger partial charge in [0.05, 0.1) is 6.61 Å². The summed E-state index contributed by atoms with van der Waals surface area (Å²) < 4.78 is 30.2. The van der Waals surface area contributed by atoms with Crippen LogP contribution in [0.4, 0.5) is 4.39 Å². The fourth-order valence-electron chi connectivity index (χ4n) is 2.43. The van der Waals surface area contributed by atoms with Gasteiger partial charge in [-0.3, -0.25) is 0 Å². The van der Waals surface area contributed by atoms with Crippen LogP contribution in [-0.2, 0) is 17.9 Å². The van der Waals surface area contributed by atoms with E-state index in [0.717, 1.165) is 18.5 Å². The van der Waals surface area contributed by atoms with Crippen molar-refractivity contribution in [3.63, 3.8) is 0 Å². The summed E-state index contributed by atoms with van der Waals surface area (Å²) in [5, 5.41) is 3.90. The van der Waals surface area contributed by atoms with E-state index in [9.17, 15) is 4.39 Å². The van der Waals surface area contributed by atoms with E-state index in [1.807, 2.05) is 13.0 Å². The monoisotopic (exact) mass is 381 g/mol. The largest absolute Gasteiger partial charge is 0.490 e. The molecular weight excluding hydrogens is 357 g/mol. The molecule has 6 heteroatoms. The maximum absolute atomic E-state index is 13.8. The van der Waals surface area contributed by atoms with Gasteiger partial charge < -0.3 is 19.5 Å². The predicted molar refractivity (Wildman–Crippen MR) is 102 cm³/mol. The first-order valence-corrected chi connectivity index (χ1v) is 9.04. The summed E-state index contributed by atoms with van der Waals surface area (Å²) in [6.07, 6.45) is 0.927. The van der Waals surface area contributed by atoms with Gasteiger partial charge >= 0.3 is 0 Å². The fourth-order valence-corrected chi connectivity index (χ4v) is 2.65. The molecule has 0 amide bonds. The van der Waals surface area contributed by atoms with Crippen LogP contribution in [0.25, 0.3) is 0 Å². The third-order valence-electron chi connectivity index (χ3n) is 3.77. The zero-order valence-electron chi connectivity index (χ0n) is 15.2. The summed E-state index contributed by atoms with van der Waals surface area (Å²) >= 11 is 6.38. The number of rotatable bonds is 11. The van der Waals surface area contributed by atoms with Crippen LogP contribution in [-0.4, -0.2) is 26.9 Å². The van der Waals surface area contributed by atoms with Gasteiger partial charge in [0.2, 0.25) is 0 Å². The lowest BCUT2D eigenvalue weighted by Gasteiger charge is -2.15. The molecule has 0 atom stereocenters. The van der Waals surface area contributed by atoms with E-state index < -0.39 is 0 Å². The molecular formula is C20H25ClFNO3. The van der Waals surface area contributed by atoms with E-state index in [1.165, 1.54) is 6.07 Å². The SMILES string of the molecule is CCOc1cc(CNCCCOC)c(Cl)cc1OCc1ccccc1F. The second-order valence-corrected chi connectivity index (χ2v) is 6.13. The normalized spacial score (nSPS) is 10.8. The van der Waals surface area contributed by atoms with Crippen LogP contribution < -0.4 is 14.8 Å². The number of halogens is 2. The Hall–Kier alpha value is -1.82. The van der Waals surface area contributed by atoms with Gasteiger partial charge in [0.15, 0.2) is 11.5 Å². The molecule has 0 saturated heterocycles. The molecule has 142 valence electrons. The number of ether oxygens (including phenoxy) is 3. The molecule has 0 aromatic heterocycles. The Morgan fingerprint density at radius 1 is 1.08 bits per heavy atom. The molecule has 2 rings (SSSR count). The number of nitrogens with one attached hydrogen (secondary N) is 1. The lowest BCUT2D eigenvalue weighted by molar-refractivity contribution is 0.194. The van der Waals surface area contributed by atoms with Gasteiger partial charge in [0.25, 0.3) is 0 Å². The molecule has 4 nitrogen and oxygen atoms in total. The van der Waals surface area contributed by atoms with Crippen LogP contribution in [0.5, 0.6) is 11.5 Å². The molecule has 26 heavy (non-hydrogen) atoms. The third kappa shape index (κ3) is 6.16. The smallest absolute Gasteiger partial charge is 0.163 e. The zero-order valence-corrected chi connectivity index (χ0v) is 15.9. The Balaban J connectivity index is 2.06. The third-order valence-corrected chi connectivity index (χ3v) is 4.12. The van der Waals surface area contributed by atoms with E-state index >= 15 is 0 Å². The highest BCUT2D eigenvalue weighted by Crippen LogP contribution is 2.34. The number of benzene rings is 2. The highest BCUT2D eigenvalue weighted by atomic mass is 35.5. The topological polar surface area (TPSA) is 39.7 Å². The second kappa shape index (κ2) is 11.0. The summed E-state index contributed by atoms with van der Waals surface area (Å²) in [5.41, 5.74) is 1.40. The van der Waals surface area contributed by atoms with Gasteiger partial charge in [-0.15, -0.1) is 0 Å². The van der Waals surface area contributed by atoms with E-state index in [-0.39, 0.29) is 12.4 Å².